The van der Waals surface area contributed by atoms with E-state index < -0.39 is 0 Å². The molecule has 0 aliphatic heterocycles. The van der Waals surface area contributed by atoms with Crippen molar-refractivity contribution >= 4 is 29.3 Å². The van der Waals surface area contributed by atoms with E-state index in [9.17, 15) is 4.79 Å². The Kier molecular flexibility index (Phi) is 5.04. The van der Waals surface area contributed by atoms with E-state index in [1.54, 1.807) is 11.8 Å². The lowest BCUT2D eigenvalue weighted by atomic mass is 10.2. The highest BCUT2D eigenvalue weighted by Crippen LogP contribution is 2.22. The molecule has 0 spiro atoms. The number of carbonyl (C=O) groups excluding carboxylic acids is 1. The summed E-state index contributed by atoms with van der Waals surface area (Å²) in [6.07, 6.45) is 0. The van der Waals surface area contributed by atoms with E-state index >= 15 is 0 Å². The van der Waals surface area contributed by atoms with Crippen molar-refractivity contribution in [1.82, 2.24) is 9.36 Å². The number of aromatic nitrogens is 2. The van der Waals surface area contributed by atoms with Crippen molar-refractivity contribution in [2.45, 2.75) is 25.1 Å². The Morgan fingerprint density at radius 3 is 2.93 bits per heavy atom. The number of hydrogen-bond donors (Lipinski definition) is 0. The van der Waals surface area contributed by atoms with Gasteiger partial charge in [-0.3, -0.25) is 4.79 Å². The van der Waals surface area contributed by atoms with Gasteiger partial charge in [0.05, 0.1) is 12.5 Å². The van der Waals surface area contributed by atoms with Gasteiger partial charge in [-0.15, -0.1) is 0 Å². The summed E-state index contributed by atoms with van der Waals surface area (Å²) < 4.78 is 9.89. The quantitative estimate of drug-likeness (QED) is 0.588. The fourth-order valence-electron chi connectivity index (χ4n) is 0.886. The van der Waals surface area contributed by atoms with Crippen LogP contribution in [0, 0.1) is 12.8 Å². The maximum absolute atomic E-state index is 11.3. The summed E-state index contributed by atoms with van der Waals surface area (Å²) in [5.74, 6) is 1.23. The summed E-state index contributed by atoms with van der Waals surface area (Å²) in [5, 5.41) is 0. The van der Waals surface area contributed by atoms with Crippen molar-refractivity contribution in [3.63, 3.8) is 0 Å². The van der Waals surface area contributed by atoms with Gasteiger partial charge < -0.3 is 4.74 Å². The number of ether oxygens (including phenoxy) is 1. The molecule has 4 nitrogen and oxygen atoms in total. The lowest BCUT2D eigenvalue weighted by Gasteiger charge is -2.08. The average Bonchev–Trinajstić information content (AvgIpc) is 2.61. The first kappa shape index (κ1) is 12.4. The van der Waals surface area contributed by atoms with Crippen LogP contribution < -0.4 is 0 Å². The molecule has 0 amide bonds. The van der Waals surface area contributed by atoms with Crippen molar-refractivity contribution in [3.05, 3.63) is 5.82 Å². The minimum Gasteiger partial charge on any atom is -0.466 e. The third-order valence-electron chi connectivity index (χ3n) is 1.65. The van der Waals surface area contributed by atoms with Gasteiger partial charge in [0.15, 0.2) is 4.34 Å². The highest BCUT2D eigenvalue weighted by molar-refractivity contribution is 8.00. The van der Waals surface area contributed by atoms with Crippen molar-refractivity contribution in [1.29, 1.82) is 0 Å². The van der Waals surface area contributed by atoms with Gasteiger partial charge in [0, 0.05) is 5.75 Å². The molecule has 0 saturated carbocycles. The molecule has 0 bridgehead atoms. The van der Waals surface area contributed by atoms with Gasteiger partial charge in [0.1, 0.15) is 5.82 Å². The highest BCUT2D eigenvalue weighted by atomic mass is 32.2. The molecule has 0 aliphatic rings. The Labute approximate surface area is 97.6 Å². The zero-order chi connectivity index (χ0) is 11.3. The van der Waals surface area contributed by atoms with Crippen LogP contribution in [0.3, 0.4) is 0 Å². The molecule has 0 fully saturated rings. The monoisotopic (exact) mass is 246 g/mol. The minimum absolute atomic E-state index is 0.0980. The third-order valence-corrected chi connectivity index (χ3v) is 3.84. The molecule has 1 unspecified atom stereocenters. The number of carbonyl (C=O) groups is 1. The van der Waals surface area contributed by atoms with Gasteiger partial charge in [0.25, 0.3) is 0 Å². The number of nitrogens with zero attached hydrogens (tertiary/aromatic N) is 2. The molecule has 0 radical (unpaired) electrons. The predicted octanol–water partition coefficient (Wildman–Crippen LogP) is 2.14. The first-order valence-corrected chi connectivity index (χ1v) is 6.49. The molecule has 1 heterocycles. The van der Waals surface area contributed by atoms with Crippen LogP contribution in [-0.4, -0.2) is 27.7 Å². The van der Waals surface area contributed by atoms with E-state index in [4.69, 9.17) is 4.74 Å². The van der Waals surface area contributed by atoms with E-state index in [0.29, 0.717) is 12.4 Å². The molecular formula is C9H14N2O2S2. The smallest absolute Gasteiger partial charge is 0.309 e. The van der Waals surface area contributed by atoms with Crippen molar-refractivity contribution < 1.29 is 9.53 Å². The Hall–Kier alpha value is -0.620. The van der Waals surface area contributed by atoms with E-state index in [1.807, 2.05) is 20.8 Å². The molecule has 1 aromatic rings. The first-order chi connectivity index (χ1) is 7.13. The number of aryl methyl sites for hydroxylation is 1. The fraction of sp³-hybridized carbons (Fsp3) is 0.667. The lowest BCUT2D eigenvalue weighted by Crippen LogP contribution is -2.16. The molecule has 6 heteroatoms. The largest absolute Gasteiger partial charge is 0.466 e. The van der Waals surface area contributed by atoms with E-state index in [1.165, 1.54) is 11.5 Å². The molecule has 1 atom stereocenters. The average molecular weight is 246 g/mol. The third kappa shape index (κ3) is 4.17. The SMILES string of the molecule is CCOC(=O)C(C)CSc1nc(C)ns1. The van der Waals surface area contributed by atoms with Gasteiger partial charge in [-0.05, 0) is 25.4 Å². The summed E-state index contributed by atoms with van der Waals surface area (Å²) >= 11 is 2.91. The summed E-state index contributed by atoms with van der Waals surface area (Å²) in [6, 6.07) is 0. The van der Waals surface area contributed by atoms with Crippen LogP contribution in [0.1, 0.15) is 19.7 Å². The topological polar surface area (TPSA) is 52.1 Å². The minimum atomic E-state index is -0.147. The van der Waals surface area contributed by atoms with E-state index in [2.05, 4.69) is 9.36 Å². The summed E-state index contributed by atoms with van der Waals surface area (Å²) in [5.41, 5.74) is 0. The Morgan fingerprint density at radius 2 is 2.40 bits per heavy atom. The van der Waals surface area contributed by atoms with Crippen LogP contribution in [0.15, 0.2) is 4.34 Å². The van der Waals surface area contributed by atoms with Gasteiger partial charge in [-0.2, -0.15) is 4.37 Å². The molecule has 15 heavy (non-hydrogen) atoms. The van der Waals surface area contributed by atoms with Crippen LogP contribution in [0.4, 0.5) is 0 Å². The molecule has 0 aliphatic carbocycles. The predicted molar refractivity (Wildman–Crippen MR) is 61.2 cm³/mol. The van der Waals surface area contributed by atoms with Crippen LogP contribution in [0.5, 0.6) is 0 Å². The Balaban J connectivity index is 2.33. The van der Waals surface area contributed by atoms with E-state index in [0.717, 1.165) is 10.2 Å². The highest BCUT2D eigenvalue weighted by Gasteiger charge is 2.15. The van der Waals surface area contributed by atoms with Gasteiger partial charge in [-0.1, -0.05) is 18.7 Å². The molecule has 0 aromatic carbocycles. The van der Waals surface area contributed by atoms with Gasteiger partial charge in [0.2, 0.25) is 0 Å². The fourth-order valence-corrected chi connectivity index (χ4v) is 2.56. The van der Waals surface area contributed by atoms with Crippen LogP contribution in [-0.2, 0) is 9.53 Å². The van der Waals surface area contributed by atoms with Crippen LogP contribution in [0.25, 0.3) is 0 Å². The summed E-state index contributed by atoms with van der Waals surface area (Å²) in [7, 11) is 0. The first-order valence-electron chi connectivity index (χ1n) is 4.73. The number of thioether (sulfide) groups is 1. The molecular weight excluding hydrogens is 232 g/mol. The number of esters is 1. The summed E-state index contributed by atoms with van der Waals surface area (Å²) in [4.78, 5) is 15.5. The standard InChI is InChI=1S/C9H14N2O2S2/c1-4-13-8(12)6(2)5-14-9-10-7(3)11-15-9/h6H,4-5H2,1-3H3. The van der Waals surface area contributed by atoms with E-state index in [-0.39, 0.29) is 11.9 Å². The summed E-state index contributed by atoms with van der Waals surface area (Å²) in [6.45, 7) is 5.96. The molecule has 0 saturated heterocycles. The second kappa shape index (κ2) is 6.07. The normalized spacial score (nSPS) is 12.5. The molecule has 1 rings (SSSR count). The van der Waals surface area contributed by atoms with Crippen LogP contribution >= 0.6 is 23.3 Å². The maximum Gasteiger partial charge on any atom is 0.309 e. The van der Waals surface area contributed by atoms with Gasteiger partial charge in [-0.25, -0.2) is 4.98 Å². The molecule has 1 aromatic heterocycles. The van der Waals surface area contributed by atoms with Crippen LogP contribution in [0.2, 0.25) is 0 Å². The van der Waals surface area contributed by atoms with Gasteiger partial charge >= 0.3 is 5.97 Å². The Bertz CT molecular complexity index is 328. The van der Waals surface area contributed by atoms with Crippen molar-refractivity contribution in [3.8, 4) is 0 Å². The molecule has 84 valence electrons. The van der Waals surface area contributed by atoms with Crippen molar-refractivity contribution in [2.24, 2.45) is 5.92 Å². The van der Waals surface area contributed by atoms with Crippen molar-refractivity contribution in [2.75, 3.05) is 12.4 Å². The zero-order valence-electron chi connectivity index (χ0n) is 9.02. The maximum atomic E-state index is 11.3. The second-order valence-electron chi connectivity index (χ2n) is 3.07. The number of rotatable bonds is 5. The zero-order valence-corrected chi connectivity index (χ0v) is 10.7. The second-order valence-corrected chi connectivity index (χ2v) is 5.09. The lowest BCUT2D eigenvalue weighted by molar-refractivity contribution is -0.146. The molecule has 0 N–H and O–H groups in total. The Morgan fingerprint density at radius 1 is 1.67 bits per heavy atom. The number of hydrogen-bond acceptors (Lipinski definition) is 6.